The molecule has 0 saturated carbocycles. The Bertz CT molecular complexity index is 913. The lowest BCUT2D eigenvalue weighted by Gasteiger charge is -2.34. The average molecular weight is 376 g/mol. The number of oxazole rings is 1. The van der Waals surface area contributed by atoms with Crippen molar-refractivity contribution in [3.63, 3.8) is 0 Å². The quantitative estimate of drug-likeness (QED) is 0.740. The zero-order valence-corrected chi connectivity index (χ0v) is 16.0. The van der Waals surface area contributed by atoms with E-state index in [-0.39, 0.29) is 12.3 Å². The first-order valence-electron chi connectivity index (χ1n) is 9.50. The van der Waals surface area contributed by atoms with E-state index in [0.29, 0.717) is 11.6 Å². The van der Waals surface area contributed by atoms with Crippen molar-refractivity contribution in [3.05, 3.63) is 66.6 Å². The van der Waals surface area contributed by atoms with E-state index in [0.717, 1.165) is 37.4 Å². The predicted octanol–water partition coefficient (Wildman–Crippen LogP) is 3.27. The molecule has 144 valence electrons. The van der Waals surface area contributed by atoms with Crippen LogP contribution < -0.4 is 10.2 Å². The molecular weight excluding hydrogens is 352 g/mol. The standard InChI is InChI=1S/C22H24N4O2/c1-25-11-13-26(14-12-25)20-9-7-18(8-10-20)23-21(27)15-19-16-28-22(24-19)17-5-3-2-4-6-17/h2-10,16H,11-15H2,1H3,(H,23,27). The molecule has 0 aliphatic carbocycles. The van der Waals surface area contributed by atoms with Crippen LogP contribution in [0.3, 0.4) is 0 Å². The van der Waals surface area contributed by atoms with E-state index in [2.05, 4.69) is 39.3 Å². The highest BCUT2D eigenvalue weighted by molar-refractivity contribution is 5.92. The minimum absolute atomic E-state index is 0.111. The van der Waals surface area contributed by atoms with Gasteiger partial charge in [0.15, 0.2) is 0 Å². The molecule has 0 radical (unpaired) electrons. The third-order valence-electron chi connectivity index (χ3n) is 4.93. The minimum Gasteiger partial charge on any atom is -0.444 e. The molecule has 1 fully saturated rings. The van der Waals surface area contributed by atoms with Crippen LogP contribution in [0.5, 0.6) is 0 Å². The molecule has 0 unspecified atom stereocenters. The molecule has 1 amide bonds. The van der Waals surface area contributed by atoms with Gasteiger partial charge in [0.1, 0.15) is 6.26 Å². The molecule has 0 bridgehead atoms. The maximum absolute atomic E-state index is 12.3. The molecule has 6 heteroatoms. The molecule has 1 N–H and O–H groups in total. The molecular formula is C22H24N4O2. The minimum atomic E-state index is -0.111. The van der Waals surface area contributed by atoms with Crippen molar-refractivity contribution in [3.8, 4) is 11.5 Å². The summed E-state index contributed by atoms with van der Waals surface area (Å²) in [6, 6.07) is 17.7. The second-order valence-corrected chi connectivity index (χ2v) is 7.07. The van der Waals surface area contributed by atoms with Gasteiger partial charge < -0.3 is 19.5 Å². The number of carbonyl (C=O) groups excluding carboxylic acids is 1. The molecule has 0 spiro atoms. The van der Waals surface area contributed by atoms with Crippen molar-refractivity contribution in [1.82, 2.24) is 9.88 Å². The van der Waals surface area contributed by atoms with Crippen LogP contribution in [-0.2, 0) is 11.2 Å². The van der Waals surface area contributed by atoms with Gasteiger partial charge in [0, 0.05) is 43.1 Å². The monoisotopic (exact) mass is 376 g/mol. The fraction of sp³-hybridized carbons (Fsp3) is 0.273. The van der Waals surface area contributed by atoms with Gasteiger partial charge in [-0.1, -0.05) is 18.2 Å². The van der Waals surface area contributed by atoms with Crippen molar-refractivity contribution < 1.29 is 9.21 Å². The number of likely N-dealkylation sites (N-methyl/N-ethyl adjacent to an activating group) is 1. The molecule has 3 aromatic rings. The Morgan fingerprint density at radius 2 is 1.75 bits per heavy atom. The molecule has 1 aliphatic heterocycles. The molecule has 2 heterocycles. The maximum Gasteiger partial charge on any atom is 0.230 e. The number of nitrogens with one attached hydrogen (secondary N) is 1. The number of piperazine rings is 1. The van der Waals surface area contributed by atoms with Gasteiger partial charge in [-0.3, -0.25) is 4.79 Å². The number of nitrogens with zero attached hydrogens (tertiary/aromatic N) is 3. The number of anilines is 2. The van der Waals surface area contributed by atoms with Gasteiger partial charge in [-0.05, 0) is 43.4 Å². The van der Waals surface area contributed by atoms with Gasteiger partial charge in [-0.25, -0.2) is 4.98 Å². The fourth-order valence-corrected chi connectivity index (χ4v) is 3.29. The van der Waals surface area contributed by atoms with Crippen LogP contribution in [0, 0.1) is 0 Å². The van der Waals surface area contributed by atoms with E-state index < -0.39 is 0 Å². The van der Waals surface area contributed by atoms with Crippen molar-refractivity contribution in [2.24, 2.45) is 0 Å². The largest absolute Gasteiger partial charge is 0.444 e. The second-order valence-electron chi connectivity index (χ2n) is 7.07. The summed E-state index contributed by atoms with van der Waals surface area (Å²) in [6.07, 6.45) is 1.72. The maximum atomic E-state index is 12.3. The zero-order valence-electron chi connectivity index (χ0n) is 16.0. The van der Waals surface area contributed by atoms with Gasteiger partial charge in [-0.15, -0.1) is 0 Å². The normalized spacial score (nSPS) is 14.8. The van der Waals surface area contributed by atoms with Gasteiger partial charge >= 0.3 is 0 Å². The van der Waals surface area contributed by atoms with Gasteiger partial charge in [0.2, 0.25) is 11.8 Å². The van der Waals surface area contributed by atoms with Gasteiger partial charge in [-0.2, -0.15) is 0 Å². The first kappa shape index (κ1) is 18.3. The summed E-state index contributed by atoms with van der Waals surface area (Å²) in [5, 5.41) is 2.93. The van der Waals surface area contributed by atoms with Gasteiger partial charge in [0.05, 0.1) is 12.1 Å². The highest BCUT2D eigenvalue weighted by Gasteiger charge is 2.14. The number of hydrogen-bond donors (Lipinski definition) is 1. The first-order chi connectivity index (χ1) is 13.7. The Balaban J connectivity index is 1.33. The van der Waals surface area contributed by atoms with Crippen molar-refractivity contribution in [2.45, 2.75) is 6.42 Å². The lowest BCUT2D eigenvalue weighted by molar-refractivity contribution is -0.115. The van der Waals surface area contributed by atoms with Crippen LogP contribution in [0.15, 0.2) is 65.3 Å². The van der Waals surface area contributed by atoms with Crippen LogP contribution >= 0.6 is 0 Å². The lowest BCUT2D eigenvalue weighted by atomic mass is 10.2. The number of carbonyl (C=O) groups is 1. The summed E-state index contributed by atoms with van der Waals surface area (Å²) in [7, 11) is 2.15. The van der Waals surface area contributed by atoms with Crippen molar-refractivity contribution >= 4 is 17.3 Å². The Labute approximate surface area is 164 Å². The third kappa shape index (κ3) is 4.40. The molecule has 4 rings (SSSR count). The highest BCUT2D eigenvalue weighted by atomic mass is 16.3. The number of benzene rings is 2. The highest BCUT2D eigenvalue weighted by Crippen LogP contribution is 2.20. The molecule has 0 atom stereocenters. The fourth-order valence-electron chi connectivity index (χ4n) is 3.29. The molecule has 28 heavy (non-hydrogen) atoms. The van der Waals surface area contributed by atoms with Crippen LogP contribution in [0.4, 0.5) is 11.4 Å². The number of hydrogen-bond acceptors (Lipinski definition) is 5. The SMILES string of the molecule is CN1CCN(c2ccc(NC(=O)Cc3coc(-c4ccccc4)n3)cc2)CC1. The Morgan fingerprint density at radius 3 is 2.46 bits per heavy atom. The van der Waals surface area contributed by atoms with E-state index in [4.69, 9.17) is 4.42 Å². The Morgan fingerprint density at radius 1 is 1.04 bits per heavy atom. The smallest absolute Gasteiger partial charge is 0.230 e. The first-order valence-corrected chi connectivity index (χ1v) is 9.50. The van der Waals surface area contributed by atoms with Crippen molar-refractivity contribution in [2.75, 3.05) is 43.4 Å². The summed E-state index contributed by atoms with van der Waals surface area (Å²) in [5.41, 5.74) is 3.49. The number of aromatic nitrogens is 1. The van der Waals surface area contributed by atoms with Gasteiger partial charge in [0.25, 0.3) is 0 Å². The third-order valence-corrected chi connectivity index (χ3v) is 4.93. The van der Waals surface area contributed by atoms with E-state index in [1.165, 1.54) is 5.69 Å². The topological polar surface area (TPSA) is 61.6 Å². The second kappa shape index (κ2) is 8.27. The van der Waals surface area contributed by atoms with Crippen molar-refractivity contribution in [1.29, 1.82) is 0 Å². The van der Waals surface area contributed by atoms with E-state index in [1.54, 1.807) is 6.26 Å². The van der Waals surface area contributed by atoms with Crippen LogP contribution in [0.1, 0.15) is 5.69 Å². The van der Waals surface area contributed by atoms with E-state index in [1.807, 2.05) is 42.5 Å². The molecule has 1 aromatic heterocycles. The van der Waals surface area contributed by atoms with Crippen LogP contribution in [0.25, 0.3) is 11.5 Å². The van der Waals surface area contributed by atoms with Crippen LogP contribution in [-0.4, -0.2) is 49.0 Å². The summed E-state index contributed by atoms with van der Waals surface area (Å²) in [5.74, 6) is 0.417. The molecule has 1 aliphatic rings. The Hall–Kier alpha value is -3.12. The van der Waals surface area contributed by atoms with Crippen LogP contribution in [0.2, 0.25) is 0 Å². The molecule has 2 aromatic carbocycles. The summed E-state index contributed by atoms with van der Waals surface area (Å²) >= 11 is 0. The molecule has 6 nitrogen and oxygen atoms in total. The number of amides is 1. The lowest BCUT2D eigenvalue weighted by Crippen LogP contribution is -2.44. The summed E-state index contributed by atoms with van der Waals surface area (Å²) in [6.45, 7) is 4.19. The molecule has 1 saturated heterocycles. The zero-order chi connectivity index (χ0) is 19.3. The van der Waals surface area contributed by atoms with E-state index in [9.17, 15) is 4.79 Å². The summed E-state index contributed by atoms with van der Waals surface area (Å²) < 4.78 is 5.49. The van der Waals surface area contributed by atoms with E-state index >= 15 is 0 Å². The average Bonchev–Trinajstić information content (AvgIpc) is 3.18. The summed E-state index contributed by atoms with van der Waals surface area (Å²) in [4.78, 5) is 21.4. The number of rotatable bonds is 5. The Kier molecular flexibility index (Phi) is 5.39. The predicted molar refractivity (Wildman–Crippen MR) is 110 cm³/mol.